The Hall–Kier alpha value is -2.20. The molecule has 0 radical (unpaired) electrons. The lowest BCUT2D eigenvalue weighted by Gasteiger charge is -2.37. The van der Waals surface area contributed by atoms with Crippen LogP contribution in [-0.4, -0.2) is 79.2 Å². The zero-order chi connectivity index (χ0) is 29.8. The molecule has 0 heterocycles. The fourth-order valence-corrected chi connectivity index (χ4v) is 1.95. The molecule has 0 aliphatic carbocycles. The first-order valence-corrected chi connectivity index (χ1v) is 8.97. The zero-order valence-corrected chi connectivity index (χ0v) is 17.7. The highest BCUT2D eigenvalue weighted by Crippen LogP contribution is 2.55. The van der Waals surface area contributed by atoms with Gasteiger partial charge in [0.2, 0.25) is 5.92 Å². The molecule has 2 atom stereocenters. The van der Waals surface area contributed by atoms with E-state index in [0.717, 1.165) is 13.8 Å². The first-order valence-electron chi connectivity index (χ1n) is 8.97. The van der Waals surface area contributed by atoms with Crippen molar-refractivity contribution in [2.45, 2.75) is 62.7 Å². The van der Waals surface area contributed by atoms with Crippen molar-refractivity contribution >= 4 is 11.9 Å². The number of hydrogen-bond acceptors (Lipinski definition) is 8. The van der Waals surface area contributed by atoms with Crippen molar-refractivity contribution in [1.29, 1.82) is 0 Å². The van der Waals surface area contributed by atoms with E-state index in [9.17, 15) is 71.1 Å². The Morgan fingerprint density at radius 2 is 1.00 bits per heavy atom. The second kappa shape index (κ2) is 11.7. The minimum absolute atomic E-state index is 0.825. The summed E-state index contributed by atoms with van der Waals surface area (Å²) in [7, 11) is 0. The summed E-state index contributed by atoms with van der Waals surface area (Å²) < 4.78 is 200. The molecular weight excluding hydrogens is 574 g/mol. The highest BCUT2D eigenvalue weighted by molar-refractivity contribution is 5.96. The first kappa shape index (κ1) is 34.8. The van der Waals surface area contributed by atoms with Crippen LogP contribution in [0, 0.1) is 5.92 Å². The van der Waals surface area contributed by atoms with Gasteiger partial charge in [-0.15, -0.1) is 0 Å². The van der Waals surface area contributed by atoms with E-state index in [-0.39, 0.29) is 0 Å². The van der Waals surface area contributed by atoms with Crippen LogP contribution >= 0.6 is 0 Å². The predicted octanol–water partition coefficient (Wildman–Crippen LogP) is 4.53. The van der Waals surface area contributed by atoms with Crippen LogP contribution in [0.2, 0.25) is 0 Å². The van der Waals surface area contributed by atoms with Crippen LogP contribution in [0.5, 0.6) is 0 Å². The molecule has 0 aliphatic heterocycles. The maximum absolute atomic E-state index is 14.2. The molecule has 0 aromatic carbocycles. The van der Waals surface area contributed by atoms with E-state index in [2.05, 4.69) is 14.2 Å². The summed E-state index contributed by atoms with van der Waals surface area (Å²) in [6.45, 7) is 0.193. The highest BCUT2D eigenvalue weighted by Gasteiger charge is 2.84. The third kappa shape index (κ3) is 7.02. The lowest BCUT2D eigenvalue weighted by Crippen LogP contribution is -2.65. The number of ether oxygens (including phenoxy) is 4. The lowest BCUT2D eigenvalue weighted by atomic mass is 10.0. The standard InChI is InChI=1S/C15H14F14O8/c1-3-33-6(30)5(7(31)34-4-2)10(18,19)8(16)35-14(26,27)12(22,23)13(24,25)15(28,29)36-9(17)11(20,21)37-32/h5,8-9,32H,3-4H2,1-2H3. The van der Waals surface area contributed by atoms with Gasteiger partial charge < -0.3 is 9.47 Å². The second-order valence-corrected chi connectivity index (χ2v) is 6.31. The van der Waals surface area contributed by atoms with Gasteiger partial charge in [-0.3, -0.25) is 19.1 Å². The molecule has 0 amide bonds. The fourth-order valence-electron chi connectivity index (χ4n) is 1.95. The van der Waals surface area contributed by atoms with Crippen LogP contribution in [0.1, 0.15) is 13.8 Å². The first-order chi connectivity index (χ1) is 16.4. The van der Waals surface area contributed by atoms with Gasteiger partial charge in [0, 0.05) is 0 Å². The van der Waals surface area contributed by atoms with Gasteiger partial charge in [-0.1, -0.05) is 0 Å². The maximum Gasteiger partial charge on any atom is 0.436 e. The third-order valence-corrected chi connectivity index (χ3v) is 3.75. The van der Waals surface area contributed by atoms with Gasteiger partial charge in [0.15, 0.2) is 0 Å². The molecule has 0 rings (SSSR count). The lowest BCUT2D eigenvalue weighted by molar-refractivity contribution is -0.513. The van der Waals surface area contributed by atoms with Crippen molar-refractivity contribution in [2.24, 2.45) is 5.92 Å². The SMILES string of the molecule is CCOC(=O)C(C(=O)OCC)C(F)(F)C(F)OC(F)(F)C(F)(F)C(F)(F)C(F)(F)OC(F)C(F)(F)OO. The molecule has 0 saturated carbocycles. The van der Waals surface area contributed by atoms with E-state index in [0.29, 0.717) is 0 Å². The van der Waals surface area contributed by atoms with Gasteiger partial charge >= 0.3 is 48.0 Å². The molecule has 0 spiro atoms. The Morgan fingerprint density at radius 1 is 0.676 bits per heavy atom. The topological polar surface area (TPSA) is 101 Å². The average Bonchev–Trinajstić information content (AvgIpc) is 2.72. The van der Waals surface area contributed by atoms with Crippen molar-refractivity contribution in [3.05, 3.63) is 0 Å². The van der Waals surface area contributed by atoms with Crippen molar-refractivity contribution in [3.63, 3.8) is 0 Å². The summed E-state index contributed by atoms with van der Waals surface area (Å²) in [6.07, 6.45) is -31.4. The molecule has 0 aromatic heterocycles. The van der Waals surface area contributed by atoms with Gasteiger partial charge in [0.25, 0.3) is 12.7 Å². The molecule has 220 valence electrons. The van der Waals surface area contributed by atoms with Crippen molar-refractivity contribution in [2.75, 3.05) is 13.2 Å². The Bertz CT molecular complexity index is 775. The fraction of sp³-hybridized carbons (Fsp3) is 0.867. The number of halogens is 14. The largest absolute Gasteiger partial charge is 0.465 e. The number of hydrogen-bond donors (Lipinski definition) is 1. The van der Waals surface area contributed by atoms with E-state index < -0.39 is 79.9 Å². The molecular formula is C15H14F14O8. The van der Waals surface area contributed by atoms with Crippen LogP contribution in [-0.2, 0) is 33.4 Å². The van der Waals surface area contributed by atoms with E-state index in [4.69, 9.17) is 5.26 Å². The quantitative estimate of drug-likeness (QED) is 0.0981. The molecule has 0 bridgehead atoms. The van der Waals surface area contributed by atoms with Crippen LogP contribution < -0.4 is 0 Å². The molecule has 0 saturated heterocycles. The van der Waals surface area contributed by atoms with Crippen LogP contribution in [0.3, 0.4) is 0 Å². The van der Waals surface area contributed by atoms with E-state index >= 15 is 0 Å². The smallest absolute Gasteiger partial charge is 0.436 e. The summed E-state index contributed by atoms with van der Waals surface area (Å²) in [4.78, 5) is 25.0. The number of carbonyl (C=O) groups is 2. The second-order valence-electron chi connectivity index (χ2n) is 6.31. The minimum Gasteiger partial charge on any atom is -0.465 e. The summed E-state index contributed by atoms with van der Waals surface area (Å²) >= 11 is 0. The minimum atomic E-state index is -7.89. The van der Waals surface area contributed by atoms with Crippen molar-refractivity contribution in [1.82, 2.24) is 0 Å². The van der Waals surface area contributed by atoms with Gasteiger partial charge in [0.05, 0.1) is 13.2 Å². The monoisotopic (exact) mass is 588 g/mol. The summed E-state index contributed by atoms with van der Waals surface area (Å²) in [5, 5.41) is 7.55. The molecule has 0 fully saturated rings. The van der Waals surface area contributed by atoms with Crippen molar-refractivity contribution in [3.8, 4) is 0 Å². The van der Waals surface area contributed by atoms with E-state index in [1.807, 2.05) is 9.62 Å². The number of esters is 2. The van der Waals surface area contributed by atoms with Gasteiger partial charge in [0.1, 0.15) is 0 Å². The highest BCUT2D eigenvalue weighted by atomic mass is 19.4. The average molecular weight is 588 g/mol. The van der Waals surface area contributed by atoms with Crippen LogP contribution in [0.15, 0.2) is 0 Å². The maximum atomic E-state index is 14.2. The molecule has 2 unspecified atom stereocenters. The van der Waals surface area contributed by atoms with Crippen LogP contribution in [0.4, 0.5) is 61.5 Å². The van der Waals surface area contributed by atoms with Crippen molar-refractivity contribution < 1.29 is 100 Å². The number of carbonyl (C=O) groups excluding carboxylic acids is 2. The molecule has 0 aliphatic rings. The van der Waals surface area contributed by atoms with E-state index in [1.165, 1.54) is 0 Å². The Labute approximate surface area is 195 Å². The molecule has 0 aromatic rings. The summed E-state index contributed by atoms with van der Waals surface area (Å²) in [6, 6.07) is 0. The number of rotatable bonds is 15. The normalized spacial score (nSPS) is 15.9. The molecule has 8 nitrogen and oxygen atoms in total. The Kier molecular flexibility index (Phi) is 11.0. The number of alkyl halides is 14. The molecule has 1 N–H and O–H groups in total. The summed E-state index contributed by atoms with van der Waals surface area (Å²) in [5.41, 5.74) is 0. The predicted molar refractivity (Wildman–Crippen MR) is 82.1 cm³/mol. The van der Waals surface area contributed by atoms with E-state index in [1.54, 1.807) is 0 Å². The zero-order valence-electron chi connectivity index (χ0n) is 17.7. The van der Waals surface area contributed by atoms with Gasteiger partial charge in [-0.25, -0.2) is 14.0 Å². The Morgan fingerprint density at radius 3 is 1.30 bits per heavy atom. The van der Waals surface area contributed by atoms with Gasteiger partial charge in [-0.2, -0.15) is 57.6 Å². The third-order valence-electron chi connectivity index (χ3n) is 3.75. The van der Waals surface area contributed by atoms with Gasteiger partial charge in [-0.05, 0) is 13.8 Å². The molecule has 37 heavy (non-hydrogen) atoms. The molecule has 22 heteroatoms. The Balaban J connectivity index is 6.23. The van der Waals surface area contributed by atoms with Crippen LogP contribution in [0.25, 0.3) is 0 Å². The summed E-state index contributed by atoms with van der Waals surface area (Å²) in [5.74, 6) is -30.5.